The fourth-order valence-corrected chi connectivity index (χ4v) is 5.71. The van der Waals surface area contributed by atoms with E-state index in [-0.39, 0.29) is 23.4 Å². The van der Waals surface area contributed by atoms with Crippen LogP contribution in [0.15, 0.2) is 18.2 Å². The predicted octanol–water partition coefficient (Wildman–Crippen LogP) is 2.46. The van der Waals surface area contributed by atoms with Crippen molar-refractivity contribution in [3.63, 3.8) is 0 Å². The highest BCUT2D eigenvalue weighted by Gasteiger charge is 2.65. The molecule has 0 bridgehead atoms. The summed E-state index contributed by atoms with van der Waals surface area (Å²) in [5.41, 5.74) is -0.217. The average Bonchev–Trinajstić information content (AvgIpc) is 2.82. The maximum Gasteiger partial charge on any atom is 0.303 e. The summed E-state index contributed by atoms with van der Waals surface area (Å²) in [5, 5.41) is 21.6. The zero-order valence-electron chi connectivity index (χ0n) is 14.6. The normalized spacial score (nSPS) is 39.3. The molecule has 0 heterocycles. The van der Waals surface area contributed by atoms with Crippen LogP contribution in [-0.2, 0) is 26.3 Å². The van der Waals surface area contributed by atoms with Gasteiger partial charge in [0, 0.05) is 25.2 Å². The molecule has 3 aliphatic rings. The van der Waals surface area contributed by atoms with E-state index in [1.165, 1.54) is 6.92 Å². The Balaban J connectivity index is 1.87. The number of ether oxygens (including phenoxy) is 1. The van der Waals surface area contributed by atoms with Crippen LogP contribution < -0.4 is 0 Å². The summed E-state index contributed by atoms with van der Waals surface area (Å²) in [5.74, 6) is -0.0943. The van der Waals surface area contributed by atoms with Gasteiger partial charge in [-0.15, -0.1) is 0 Å². The molecule has 1 aromatic carbocycles. The highest BCUT2D eigenvalue weighted by atomic mass is 16.6. The van der Waals surface area contributed by atoms with Gasteiger partial charge >= 0.3 is 5.97 Å². The molecule has 25 heavy (non-hydrogen) atoms. The predicted molar refractivity (Wildman–Crippen MR) is 89.8 cm³/mol. The van der Waals surface area contributed by atoms with E-state index in [2.05, 4.69) is 0 Å². The third-order valence-electron chi connectivity index (χ3n) is 6.84. The van der Waals surface area contributed by atoms with E-state index < -0.39 is 23.1 Å². The second-order valence-electron chi connectivity index (χ2n) is 8.10. The molecule has 3 aliphatic carbocycles. The largest absolute Gasteiger partial charge is 0.508 e. The van der Waals surface area contributed by atoms with Crippen molar-refractivity contribution < 1.29 is 24.5 Å². The minimum atomic E-state index is -1.30. The zero-order valence-corrected chi connectivity index (χ0v) is 14.6. The van der Waals surface area contributed by atoms with E-state index in [0.717, 1.165) is 30.4 Å². The van der Waals surface area contributed by atoms with Crippen LogP contribution >= 0.6 is 0 Å². The third kappa shape index (κ3) is 2.18. The molecule has 0 amide bonds. The smallest absolute Gasteiger partial charge is 0.303 e. The number of carbonyl (C=O) groups is 2. The Kier molecular flexibility index (Phi) is 3.52. The number of carbonyl (C=O) groups excluding carboxylic acids is 2. The van der Waals surface area contributed by atoms with Crippen LogP contribution in [-0.4, -0.2) is 28.1 Å². The molecule has 5 heteroatoms. The number of fused-ring (bicyclic) bond motifs is 5. The summed E-state index contributed by atoms with van der Waals surface area (Å²) in [6.07, 6.45) is 2.37. The minimum absolute atomic E-state index is 0.0961. The lowest BCUT2D eigenvalue weighted by Gasteiger charge is -2.56. The topological polar surface area (TPSA) is 83.8 Å². The maximum absolute atomic E-state index is 12.6. The Morgan fingerprint density at radius 2 is 1.96 bits per heavy atom. The van der Waals surface area contributed by atoms with Gasteiger partial charge in [0.05, 0.1) is 0 Å². The molecule has 0 spiro atoms. The van der Waals surface area contributed by atoms with Crippen molar-refractivity contribution in [3.05, 3.63) is 29.3 Å². The summed E-state index contributed by atoms with van der Waals surface area (Å²) >= 11 is 0. The van der Waals surface area contributed by atoms with Crippen molar-refractivity contribution >= 4 is 11.8 Å². The highest BCUT2D eigenvalue weighted by Crippen LogP contribution is 2.61. The molecule has 2 saturated carbocycles. The van der Waals surface area contributed by atoms with E-state index in [1.807, 2.05) is 6.92 Å². The number of aromatic hydroxyl groups is 1. The first-order valence-corrected chi connectivity index (χ1v) is 9.02. The quantitative estimate of drug-likeness (QED) is 0.765. The Bertz CT molecular complexity index is 756. The second-order valence-corrected chi connectivity index (χ2v) is 8.10. The summed E-state index contributed by atoms with van der Waals surface area (Å²) < 4.78 is 5.57. The number of ketones is 1. The molecule has 0 aliphatic heterocycles. The van der Waals surface area contributed by atoms with Gasteiger partial charge in [0.2, 0.25) is 0 Å². The zero-order chi connectivity index (χ0) is 18.0. The van der Waals surface area contributed by atoms with Crippen molar-refractivity contribution in [2.75, 3.05) is 0 Å². The summed E-state index contributed by atoms with van der Waals surface area (Å²) in [6, 6.07) is 4.99. The lowest BCUT2D eigenvalue weighted by Crippen LogP contribution is -2.60. The molecule has 4 rings (SSSR count). The Labute approximate surface area is 147 Å². The van der Waals surface area contributed by atoms with Crippen molar-refractivity contribution in [1.82, 2.24) is 0 Å². The number of hydrogen-bond donors (Lipinski definition) is 2. The van der Waals surface area contributed by atoms with Gasteiger partial charge in [-0.25, -0.2) is 0 Å². The van der Waals surface area contributed by atoms with Crippen LogP contribution in [0, 0.1) is 17.3 Å². The van der Waals surface area contributed by atoms with E-state index in [4.69, 9.17) is 4.74 Å². The lowest BCUT2D eigenvalue weighted by atomic mass is 9.52. The van der Waals surface area contributed by atoms with Crippen LogP contribution in [0.4, 0.5) is 0 Å². The van der Waals surface area contributed by atoms with Crippen molar-refractivity contribution in [2.24, 2.45) is 17.3 Å². The Hall–Kier alpha value is -1.88. The molecule has 134 valence electrons. The first-order valence-electron chi connectivity index (χ1n) is 9.02. The molecule has 2 fully saturated rings. The van der Waals surface area contributed by atoms with Crippen LogP contribution in [0.2, 0.25) is 0 Å². The van der Waals surface area contributed by atoms with Gasteiger partial charge in [0.1, 0.15) is 23.2 Å². The van der Waals surface area contributed by atoms with Crippen molar-refractivity contribution in [3.8, 4) is 5.75 Å². The van der Waals surface area contributed by atoms with Gasteiger partial charge in [-0.05, 0) is 54.4 Å². The number of Topliss-reactive ketones (excluding diaryl/α,β-unsaturated/α-hetero) is 1. The summed E-state index contributed by atoms with van der Waals surface area (Å²) in [4.78, 5) is 24.3. The fraction of sp³-hybridized carbons (Fsp3) is 0.600. The molecule has 1 aromatic rings. The van der Waals surface area contributed by atoms with Crippen LogP contribution in [0.3, 0.4) is 0 Å². The Morgan fingerprint density at radius 3 is 2.68 bits per heavy atom. The molecule has 5 nitrogen and oxygen atoms in total. The van der Waals surface area contributed by atoms with E-state index >= 15 is 0 Å². The number of rotatable bonds is 1. The molecule has 0 saturated heterocycles. The van der Waals surface area contributed by atoms with Crippen molar-refractivity contribution in [2.45, 2.75) is 57.7 Å². The number of hydrogen-bond acceptors (Lipinski definition) is 5. The molecular weight excluding hydrogens is 320 g/mol. The molecule has 2 N–H and O–H groups in total. The van der Waals surface area contributed by atoms with Crippen molar-refractivity contribution in [1.29, 1.82) is 0 Å². The van der Waals surface area contributed by atoms with Gasteiger partial charge in [0.15, 0.2) is 0 Å². The van der Waals surface area contributed by atoms with Crippen LogP contribution in [0.25, 0.3) is 0 Å². The first kappa shape index (κ1) is 16.6. The summed E-state index contributed by atoms with van der Waals surface area (Å²) in [7, 11) is 0. The molecule has 5 atom stereocenters. The number of phenolic OH excluding ortho intramolecular Hbond substituents is 1. The standard InChI is InChI=1S/C20H24O5/c1-11(21)25-18-10-19(2)15(7-8-17(19)23)16-5-3-12-9-13(22)4-6-14(12)20(16,18)24/h4,6,9,15-16,18,22,24H,3,5,7-8,10H2,1-2H3/t15-,16-,18-,19+,20+/m1/s1. The number of phenols is 1. The fourth-order valence-electron chi connectivity index (χ4n) is 5.71. The molecule has 0 unspecified atom stereocenters. The SMILES string of the molecule is CC(=O)O[C@@H]1C[C@]2(C)C(=O)CC[C@@H]2[C@H]2CCc3cc(O)ccc3[C@]21O. The van der Waals surface area contributed by atoms with E-state index in [0.29, 0.717) is 12.8 Å². The number of aliphatic hydroxyl groups is 1. The van der Waals surface area contributed by atoms with Gasteiger partial charge in [-0.3, -0.25) is 9.59 Å². The van der Waals surface area contributed by atoms with Gasteiger partial charge in [-0.1, -0.05) is 13.0 Å². The average molecular weight is 344 g/mol. The van der Waals surface area contributed by atoms with E-state index in [1.54, 1.807) is 18.2 Å². The number of esters is 1. The van der Waals surface area contributed by atoms with E-state index in [9.17, 15) is 19.8 Å². The summed E-state index contributed by atoms with van der Waals surface area (Å²) in [6.45, 7) is 3.30. The Morgan fingerprint density at radius 1 is 1.24 bits per heavy atom. The maximum atomic E-state index is 12.6. The number of aryl methyl sites for hydroxylation is 1. The molecule has 0 aromatic heterocycles. The van der Waals surface area contributed by atoms with Crippen LogP contribution in [0.1, 0.15) is 50.7 Å². The monoisotopic (exact) mass is 344 g/mol. The van der Waals surface area contributed by atoms with Gasteiger partial charge in [-0.2, -0.15) is 0 Å². The van der Waals surface area contributed by atoms with Crippen LogP contribution in [0.5, 0.6) is 5.75 Å². The second kappa shape index (κ2) is 5.31. The highest BCUT2D eigenvalue weighted by molar-refractivity contribution is 5.87. The number of benzene rings is 1. The molecule has 0 radical (unpaired) electrons. The van der Waals surface area contributed by atoms with Gasteiger partial charge in [0.25, 0.3) is 0 Å². The minimum Gasteiger partial charge on any atom is -0.508 e. The molecular formula is C20H24O5. The third-order valence-corrected chi connectivity index (χ3v) is 6.84. The first-order chi connectivity index (χ1) is 11.8. The van der Waals surface area contributed by atoms with Gasteiger partial charge < -0.3 is 14.9 Å². The lowest BCUT2D eigenvalue weighted by molar-refractivity contribution is -0.214.